The number of hydrogen-bond acceptors (Lipinski definition) is 1. The van der Waals surface area contributed by atoms with Crippen molar-refractivity contribution in [2.24, 2.45) is 0 Å². The molecule has 0 aliphatic heterocycles. The Morgan fingerprint density at radius 1 is 1.10 bits per heavy atom. The molecule has 4 aromatic rings. The Labute approximate surface area is 175 Å². The average molecular weight is 402 g/mol. The fourth-order valence-corrected chi connectivity index (χ4v) is 4.47. The third-order valence-corrected chi connectivity index (χ3v) is 6.10. The van der Waals surface area contributed by atoms with E-state index in [1.54, 1.807) is 0 Å². The van der Waals surface area contributed by atoms with Crippen molar-refractivity contribution >= 4 is 28.3 Å². The number of Topliss-reactive ketones (excluding diaryl/α,β-unsaturated/α-hetero) is 1. The van der Waals surface area contributed by atoms with Crippen LogP contribution in [0.25, 0.3) is 10.9 Å². The average Bonchev–Trinajstić information content (AvgIpc) is 3.13. The molecule has 29 heavy (non-hydrogen) atoms. The van der Waals surface area contributed by atoms with Gasteiger partial charge in [0.05, 0.1) is 16.9 Å². The van der Waals surface area contributed by atoms with Crippen LogP contribution in [0.3, 0.4) is 0 Å². The molecule has 0 saturated heterocycles. The highest BCUT2D eigenvalue weighted by molar-refractivity contribution is 6.31. The second-order valence-electron chi connectivity index (χ2n) is 7.89. The molecule has 3 nitrogen and oxygen atoms in total. The van der Waals surface area contributed by atoms with Crippen LogP contribution in [-0.2, 0) is 13.0 Å². The zero-order valence-electron chi connectivity index (χ0n) is 16.3. The van der Waals surface area contributed by atoms with Gasteiger partial charge < -0.3 is 4.57 Å². The number of fused-ring (bicyclic) bond motifs is 2. The molecule has 0 bridgehead atoms. The molecule has 2 heterocycles. The van der Waals surface area contributed by atoms with E-state index in [4.69, 9.17) is 11.6 Å². The third kappa shape index (κ3) is 3.36. The first-order valence-electron chi connectivity index (χ1n) is 9.96. The van der Waals surface area contributed by atoms with E-state index in [-0.39, 0.29) is 11.8 Å². The van der Waals surface area contributed by atoms with Gasteiger partial charge in [-0.15, -0.1) is 0 Å². The van der Waals surface area contributed by atoms with E-state index in [9.17, 15) is 4.79 Å². The van der Waals surface area contributed by atoms with E-state index in [2.05, 4.69) is 64.8 Å². The number of carbonyl (C=O) groups excluding carboxylic acids is 1. The fourth-order valence-electron chi connectivity index (χ4n) is 4.29. The highest BCUT2D eigenvalue weighted by Gasteiger charge is 2.29. The monoisotopic (exact) mass is 401 g/mol. The Hall–Kier alpha value is -2.91. The van der Waals surface area contributed by atoms with Crippen LogP contribution in [0.5, 0.6) is 0 Å². The van der Waals surface area contributed by atoms with Gasteiger partial charge in [0.1, 0.15) is 0 Å². The number of aromatic nitrogens is 2. The number of nitrogens with zero attached hydrogens (tertiary/aromatic N) is 2. The molecule has 0 N–H and O–H groups in total. The number of halogens is 1. The first-order chi connectivity index (χ1) is 14.1. The number of carbonyl (C=O) groups is 1. The lowest BCUT2D eigenvalue weighted by Gasteiger charge is -2.25. The molecule has 1 unspecified atom stereocenters. The van der Waals surface area contributed by atoms with Crippen LogP contribution in [-0.4, -0.2) is 10.4 Å². The molecule has 4 heteroatoms. The normalized spacial score (nSPS) is 16.2. The quantitative estimate of drug-likeness (QED) is 0.427. The van der Waals surface area contributed by atoms with Crippen molar-refractivity contribution in [1.82, 2.24) is 4.57 Å². The van der Waals surface area contributed by atoms with Gasteiger partial charge in [-0.2, -0.15) is 0 Å². The van der Waals surface area contributed by atoms with E-state index >= 15 is 0 Å². The minimum Gasteiger partial charge on any atom is -0.336 e. The Balaban J connectivity index is 1.46. The largest absolute Gasteiger partial charge is 0.336 e. The minimum absolute atomic E-state index is 0.155. The van der Waals surface area contributed by atoms with Crippen LogP contribution < -0.4 is 4.57 Å². The molecule has 5 rings (SSSR count). The molecule has 0 saturated carbocycles. The summed E-state index contributed by atoms with van der Waals surface area (Å²) < 4.78 is 4.31. The van der Waals surface area contributed by atoms with Crippen LogP contribution in [0.15, 0.2) is 73.2 Å². The van der Waals surface area contributed by atoms with E-state index in [0.29, 0.717) is 5.02 Å². The van der Waals surface area contributed by atoms with E-state index in [1.165, 1.54) is 11.1 Å². The van der Waals surface area contributed by atoms with Gasteiger partial charge in [0, 0.05) is 28.4 Å². The highest BCUT2D eigenvalue weighted by Crippen LogP contribution is 2.32. The molecule has 2 aromatic heterocycles. The Kier molecular flexibility index (Phi) is 4.48. The van der Waals surface area contributed by atoms with Crippen LogP contribution in [0, 0.1) is 6.92 Å². The Morgan fingerprint density at radius 2 is 1.93 bits per heavy atom. The standard InChI is InChI=1S/C25H22ClN2O/c1-17-2-4-18(5-3-17)15-27-12-11-23-20(16-27)10-13-28(23)24-9-7-19-6-8-21(26)14-22(19)25(24)29/h2-6,8,10-14,16,24H,7,9,15H2,1H3/q+1. The van der Waals surface area contributed by atoms with Crippen LogP contribution in [0.2, 0.25) is 5.02 Å². The number of hydrogen-bond donors (Lipinski definition) is 0. The number of aryl methyl sites for hydroxylation is 2. The maximum atomic E-state index is 13.2. The summed E-state index contributed by atoms with van der Waals surface area (Å²) >= 11 is 6.14. The lowest BCUT2D eigenvalue weighted by atomic mass is 9.87. The van der Waals surface area contributed by atoms with Crippen molar-refractivity contribution in [3.05, 3.63) is 100 Å². The summed E-state index contributed by atoms with van der Waals surface area (Å²) in [5.74, 6) is 0.155. The fraction of sp³-hybridized carbons (Fsp3) is 0.200. The molecule has 1 aliphatic carbocycles. The van der Waals surface area contributed by atoms with E-state index in [1.807, 2.05) is 24.4 Å². The zero-order valence-corrected chi connectivity index (χ0v) is 17.1. The molecule has 0 fully saturated rings. The Bertz CT molecular complexity index is 1220. The lowest BCUT2D eigenvalue weighted by Crippen LogP contribution is -2.33. The molecule has 1 atom stereocenters. The summed E-state index contributed by atoms with van der Waals surface area (Å²) in [5.41, 5.74) is 5.50. The summed E-state index contributed by atoms with van der Waals surface area (Å²) in [5, 5.41) is 1.76. The summed E-state index contributed by atoms with van der Waals surface area (Å²) in [7, 11) is 0. The molecular weight excluding hydrogens is 380 g/mol. The summed E-state index contributed by atoms with van der Waals surface area (Å²) in [6.45, 7) is 2.93. The van der Waals surface area contributed by atoms with Crippen molar-refractivity contribution in [3.63, 3.8) is 0 Å². The van der Waals surface area contributed by atoms with Gasteiger partial charge in [0.15, 0.2) is 24.7 Å². The van der Waals surface area contributed by atoms with Crippen molar-refractivity contribution in [2.45, 2.75) is 32.4 Å². The maximum absolute atomic E-state index is 13.2. The predicted octanol–water partition coefficient (Wildman–Crippen LogP) is 5.31. The summed E-state index contributed by atoms with van der Waals surface area (Å²) in [4.78, 5) is 13.2. The van der Waals surface area contributed by atoms with Crippen molar-refractivity contribution < 1.29 is 9.36 Å². The van der Waals surface area contributed by atoms with Crippen LogP contribution >= 0.6 is 11.6 Å². The van der Waals surface area contributed by atoms with Gasteiger partial charge in [-0.1, -0.05) is 47.5 Å². The van der Waals surface area contributed by atoms with Crippen molar-refractivity contribution in [1.29, 1.82) is 0 Å². The van der Waals surface area contributed by atoms with Gasteiger partial charge in [0.2, 0.25) is 0 Å². The molecule has 2 aromatic carbocycles. The molecule has 1 aliphatic rings. The smallest absolute Gasteiger partial charge is 0.185 e. The lowest BCUT2D eigenvalue weighted by molar-refractivity contribution is -0.687. The van der Waals surface area contributed by atoms with Gasteiger partial charge >= 0.3 is 0 Å². The van der Waals surface area contributed by atoms with Crippen LogP contribution in [0.4, 0.5) is 0 Å². The number of rotatable bonds is 3. The third-order valence-electron chi connectivity index (χ3n) is 5.87. The first kappa shape index (κ1) is 18.1. The van der Waals surface area contributed by atoms with Gasteiger partial charge in [0.25, 0.3) is 0 Å². The molecule has 0 radical (unpaired) electrons. The van der Waals surface area contributed by atoms with Gasteiger partial charge in [-0.25, -0.2) is 4.57 Å². The van der Waals surface area contributed by atoms with Gasteiger partial charge in [-0.05, 0) is 43.5 Å². The van der Waals surface area contributed by atoms with Crippen LogP contribution in [0.1, 0.15) is 39.5 Å². The number of pyridine rings is 1. The topological polar surface area (TPSA) is 25.9 Å². The number of ketones is 1. The predicted molar refractivity (Wildman–Crippen MR) is 116 cm³/mol. The zero-order chi connectivity index (χ0) is 20.0. The number of benzene rings is 2. The molecular formula is C25H22ClN2O+. The second kappa shape index (κ2) is 7.16. The van der Waals surface area contributed by atoms with Crippen molar-refractivity contribution in [3.8, 4) is 0 Å². The molecule has 0 amide bonds. The molecule has 0 spiro atoms. The SMILES string of the molecule is Cc1ccc(C[n+]2ccc3c(ccn3C3CCc4ccc(Cl)cc4C3=O)c2)cc1. The first-order valence-corrected chi connectivity index (χ1v) is 10.3. The van der Waals surface area contributed by atoms with Crippen molar-refractivity contribution in [2.75, 3.05) is 0 Å². The van der Waals surface area contributed by atoms with E-state index in [0.717, 1.165) is 41.4 Å². The molecule has 144 valence electrons. The van der Waals surface area contributed by atoms with Gasteiger partial charge in [-0.3, -0.25) is 4.79 Å². The minimum atomic E-state index is -0.175. The second-order valence-corrected chi connectivity index (χ2v) is 8.32. The summed E-state index contributed by atoms with van der Waals surface area (Å²) in [6, 6.07) is 18.3. The Morgan fingerprint density at radius 3 is 2.76 bits per heavy atom. The maximum Gasteiger partial charge on any atom is 0.185 e. The summed E-state index contributed by atoms with van der Waals surface area (Å²) in [6.07, 6.45) is 8.00. The van der Waals surface area contributed by atoms with E-state index < -0.39 is 0 Å². The highest BCUT2D eigenvalue weighted by atomic mass is 35.5.